The third-order valence-electron chi connectivity index (χ3n) is 2.63. The van der Waals surface area contributed by atoms with Crippen LogP contribution in [0.25, 0.3) is 0 Å². The molecule has 0 aromatic heterocycles. The molecule has 1 fully saturated rings. The maximum atomic E-state index is 9.48. The number of rotatable bonds is 2. The number of ether oxygens (including phenoxy) is 2. The minimum Gasteiger partial charge on any atom is -0.393 e. The monoisotopic (exact) mass is 258 g/mol. The van der Waals surface area contributed by atoms with Gasteiger partial charge < -0.3 is 50.3 Å². The van der Waals surface area contributed by atoms with E-state index in [-0.39, 0.29) is 0 Å². The number of aliphatic hydroxyl groups is 8. The Kier molecular flexibility index (Phi) is 3.27. The molecule has 1 saturated heterocycles. The topological polar surface area (TPSA) is 180 Å². The van der Waals surface area contributed by atoms with Crippen molar-refractivity contribution in [1.82, 2.24) is 0 Å². The summed E-state index contributed by atoms with van der Waals surface area (Å²) in [6, 6.07) is 0. The van der Waals surface area contributed by atoms with Crippen LogP contribution in [0, 0.1) is 0 Å². The number of aliphatic hydroxyl groups excluding tert-OH is 1. The quantitative estimate of drug-likeness (QED) is 0.223. The Hall–Kier alpha value is -0.400. The van der Waals surface area contributed by atoms with E-state index in [0.29, 0.717) is 7.11 Å². The summed E-state index contributed by atoms with van der Waals surface area (Å²) >= 11 is 0. The van der Waals surface area contributed by atoms with Crippen molar-refractivity contribution < 1.29 is 50.3 Å². The summed E-state index contributed by atoms with van der Waals surface area (Å²) in [4.78, 5) is 0. The van der Waals surface area contributed by atoms with E-state index in [1.54, 1.807) is 0 Å². The molecule has 0 amide bonds. The van der Waals surface area contributed by atoms with Crippen LogP contribution in [0.1, 0.15) is 0 Å². The molecule has 0 spiro atoms. The lowest BCUT2D eigenvalue weighted by Gasteiger charge is -2.54. The molecule has 2 atom stereocenters. The lowest BCUT2D eigenvalue weighted by molar-refractivity contribution is -0.603. The molecule has 1 aliphatic rings. The van der Waals surface area contributed by atoms with Gasteiger partial charge in [0.05, 0.1) is 6.61 Å². The number of hydrogen-bond acceptors (Lipinski definition) is 10. The van der Waals surface area contributed by atoms with Crippen LogP contribution in [0.15, 0.2) is 0 Å². The van der Waals surface area contributed by atoms with Gasteiger partial charge in [0.2, 0.25) is 0 Å². The van der Waals surface area contributed by atoms with Gasteiger partial charge in [-0.3, -0.25) is 0 Å². The maximum Gasteiger partial charge on any atom is 0.344 e. The minimum atomic E-state index is -4.06. The van der Waals surface area contributed by atoms with E-state index in [1.165, 1.54) is 0 Å². The second-order valence-electron chi connectivity index (χ2n) is 3.65. The van der Waals surface area contributed by atoms with Crippen LogP contribution in [-0.4, -0.2) is 84.0 Å². The average Bonchev–Trinajstić information content (AvgIpc) is 2.22. The first-order chi connectivity index (χ1) is 7.48. The fourth-order valence-electron chi connectivity index (χ4n) is 1.41. The molecule has 1 rings (SSSR count). The predicted octanol–water partition coefficient (Wildman–Crippen LogP) is -5.29. The highest BCUT2D eigenvalue weighted by Gasteiger charge is 2.78. The molecular weight excluding hydrogens is 244 g/mol. The zero-order valence-electron chi connectivity index (χ0n) is 8.68. The van der Waals surface area contributed by atoms with Crippen LogP contribution in [0.4, 0.5) is 0 Å². The predicted molar refractivity (Wildman–Crippen MR) is 45.4 cm³/mol. The van der Waals surface area contributed by atoms with E-state index < -0.39 is 36.0 Å². The van der Waals surface area contributed by atoms with Crippen molar-refractivity contribution in [3.63, 3.8) is 0 Å². The SMILES string of the molecule is COC1(O)OC(CO)C(O)(O)C(O)(O)C1(O)O. The van der Waals surface area contributed by atoms with E-state index >= 15 is 0 Å². The van der Waals surface area contributed by atoms with Gasteiger partial charge in [0, 0.05) is 7.11 Å². The molecule has 8 N–H and O–H groups in total. The molecule has 17 heavy (non-hydrogen) atoms. The third-order valence-corrected chi connectivity index (χ3v) is 2.63. The molecule has 102 valence electrons. The second-order valence-corrected chi connectivity index (χ2v) is 3.65. The van der Waals surface area contributed by atoms with Crippen molar-refractivity contribution in [3.8, 4) is 0 Å². The lowest BCUT2D eigenvalue weighted by Crippen LogP contribution is -2.85. The molecule has 1 aliphatic heterocycles. The molecule has 2 unspecified atom stereocenters. The van der Waals surface area contributed by atoms with Gasteiger partial charge in [-0.05, 0) is 0 Å². The van der Waals surface area contributed by atoms with E-state index in [4.69, 9.17) is 5.11 Å². The first kappa shape index (κ1) is 14.7. The van der Waals surface area contributed by atoms with Gasteiger partial charge >= 0.3 is 11.8 Å². The fraction of sp³-hybridized carbons (Fsp3) is 1.00. The van der Waals surface area contributed by atoms with Gasteiger partial charge in [-0.15, -0.1) is 0 Å². The van der Waals surface area contributed by atoms with E-state index in [0.717, 1.165) is 0 Å². The van der Waals surface area contributed by atoms with E-state index in [2.05, 4.69) is 9.47 Å². The van der Waals surface area contributed by atoms with Crippen LogP contribution in [0.2, 0.25) is 0 Å². The van der Waals surface area contributed by atoms with Crippen molar-refractivity contribution in [2.24, 2.45) is 0 Å². The molecule has 0 radical (unpaired) electrons. The molecular formula is C7H14O10. The van der Waals surface area contributed by atoms with Crippen molar-refractivity contribution in [3.05, 3.63) is 0 Å². The standard InChI is InChI=1S/C7H14O10/c1-16-7(15)6(13,14)5(11,12)4(9,10)3(2-8)17-7/h3,8-15H,2H2,1H3. The molecule has 0 aromatic carbocycles. The average molecular weight is 258 g/mol. The number of methoxy groups -OCH3 is 1. The van der Waals surface area contributed by atoms with Gasteiger partial charge in [-0.1, -0.05) is 0 Å². The Morgan fingerprint density at radius 3 is 1.82 bits per heavy atom. The third kappa shape index (κ3) is 1.59. The van der Waals surface area contributed by atoms with Gasteiger partial charge in [0.25, 0.3) is 11.6 Å². The highest BCUT2D eigenvalue weighted by molar-refractivity contribution is 5.06. The molecule has 10 nitrogen and oxygen atoms in total. The van der Waals surface area contributed by atoms with Gasteiger partial charge in [-0.25, -0.2) is 0 Å². The Labute approximate surface area is 94.5 Å². The number of hydrogen-bond donors (Lipinski definition) is 8. The first-order valence-electron chi connectivity index (χ1n) is 4.38. The van der Waals surface area contributed by atoms with Crippen LogP contribution < -0.4 is 0 Å². The summed E-state index contributed by atoms with van der Waals surface area (Å²) in [6.45, 7) is -1.18. The normalized spacial score (nSPS) is 39.0. The van der Waals surface area contributed by atoms with Crippen LogP contribution in [0.3, 0.4) is 0 Å². The highest BCUT2D eigenvalue weighted by Crippen LogP contribution is 2.44. The summed E-state index contributed by atoms with van der Waals surface area (Å²) in [5.41, 5.74) is 0. The first-order valence-corrected chi connectivity index (χ1v) is 4.38. The summed E-state index contributed by atoms with van der Waals surface area (Å²) in [6.07, 6.45) is -2.17. The van der Waals surface area contributed by atoms with Crippen LogP contribution in [0.5, 0.6) is 0 Å². The lowest BCUT2D eigenvalue weighted by atomic mass is 9.87. The zero-order chi connectivity index (χ0) is 13.7. The zero-order valence-corrected chi connectivity index (χ0v) is 8.68. The van der Waals surface area contributed by atoms with Crippen LogP contribution >= 0.6 is 0 Å². The Morgan fingerprint density at radius 1 is 1.00 bits per heavy atom. The highest BCUT2D eigenvalue weighted by atomic mass is 16.9. The van der Waals surface area contributed by atoms with Crippen molar-refractivity contribution in [1.29, 1.82) is 0 Å². The van der Waals surface area contributed by atoms with Crippen molar-refractivity contribution in [2.75, 3.05) is 13.7 Å². The summed E-state index contributed by atoms with van der Waals surface area (Å²) in [7, 11) is 0.716. The van der Waals surface area contributed by atoms with Crippen molar-refractivity contribution >= 4 is 0 Å². The van der Waals surface area contributed by atoms with Gasteiger partial charge in [0.15, 0.2) is 0 Å². The molecule has 0 saturated carbocycles. The van der Waals surface area contributed by atoms with Crippen LogP contribution in [-0.2, 0) is 9.47 Å². The fourth-order valence-corrected chi connectivity index (χ4v) is 1.41. The smallest absolute Gasteiger partial charge is 0.344 e. The second kappa shape index (κ2) is 3.80. The minimum absolute atomic E-state index is 0.716. The summed E-state index contributed by atoms with van der Waals surface area (Å²) in [5.74, 6) is -15.1. The van der Waals surface area contributed by atoms with Gasteiger partial charge in [-0.2, -0.15) is 0 Å². The molecule has 0 aromatic rings. The van der Waals surface area contributed by atoms with E-state index in [9.17, 15) is 35.7 Å². The van der Waals surface area contributed by atoms with Gasteiger partial charge in [0.1, 0.15) is 6.10 Å². The Balaban J connectivity index is 3.34. The largest absolute Gasteiger partial charge is 0.393 e. The summed E-state index contributed by atoms with van der Waals surface area (Å²) in [5, 5.41) is 74.2. The Morgan fingerprint density at radius 2 is 1.47 bits per heavy atom. The Bertz CT molecular complexity index is 299. The molecule has 1 heterocycles. The molecule has 10 heteroatoms. The summed E-state index contributed by atoms with van der Waals surface area (Å²) < 4.78 is 8.44. The van der Waals surface area contributed by atoms with Crippen molar-refractivity contribution in [2.45, 2.75) is 29.4 Å². The molecule has 0 aliphatic carbocycles. The maximum absolute atomic E-state index is 9.48. The molecule has 0 bridgehead atoms. The van der Waals surface area contributed by atoms with E-state index in [1.807, 2.05) is 0 Å².